The van der Waals surface area contributed by atoms with E-state index >= 15 is 0 Å². The first-order chi connectivity index (χ1) is 12.6. The number of carbonyl (C=O) groups excluding carboxylic acids is 2. The molecule has 0 saturated carbocycles. The van der Waals surface area contributed by atoms with Crippen LogP contribution in [0.15, 0.2) is 48.5 Å². The minimum Gasteiger partial charge on any atom is -0.337 e. The number of nitrogens with two attached hydrogens (primary N) is 1. The van der Waals surface area contributed by atoms with Crippen molar-refractivity contribution in [1.29, 1.82) is 0 Å². The molecule has 0 bridgehead atoms. The monoisotopic (exact) mass is 355 g/mol. The zero-order valence-electron chi connectivity index (χ0n) is 14.5. The van der Waals surface area contributed by atoms with E-state index in [0.717, 1.165) is 5.56 Å². The Hall–Kier alpha value is -2.73. The molecule has 1 aliphatic heterocycles. The van der Waals surface area contributed by atoms with Gasteiger partial charge in [-0.15, -0.1) is 0 Å². The molecule has 1 saturated heterocycles. The van der Waals surface area contributed by atoms with E-state index < -0.39 is 5.82 Å². The van der Waals surface area contributed by atoms with Gasteiger partial charge in [0.15, 0.2) is 0 Å². The Bertz CT molecular complexity index is 792. The molecule has 3 rings (SSSR count). The predicted molar refractivity (Wildman–Crippen MR) is 97.2 cm³/mol. The van der Waals surface area contributed by atoms with Crippen LogP contribution in [-0.4, -0.2) is 47.8 Å². The van der Waals surface area contributed by atoms with Gasteiger partial charge in [-0.05, 0) is 42.3 Å². The molecular weight excluding hydrogens is 333 g/mol. The lowest BCUT2D eigenvalue weighted by Gasteiger charge is -2.22. The van der Waals surface area contributed by atoms with Gasteiger partial charge in [0.05, 0.1) is 0 Å². The van der Waals surface area contributed by atoms with Gasteiger partial charge in [-0.3, -0.25) is 9.59 Å². The highest BCUT2D eigenvalue weighted by molar-refractivity contribution is 5.95. The lowest BCUT2D eigenvalue weighted by Crippen LogP contribution is -2.37. The number of hydrogen-bond acceptors (Lipinski definition) is 3. The number of carbonyl (C=O) groups is 2. The molecule has 0 unspecified atom stereocenters. The van der Waals surface area contributed by atoms with Crippen LogP contribution in [0.25, 0.3) is 0 Å². The quantitative estimate of drug-likeness (QED) is 0.918. The largest absolute Gasteiger partial charge is 0.337 e. The van der Waals surface area contributed by atoms with E-state index in [0.29, 0.717) is 50.3 Å². The summed E-state index contributed by atoms with van der Waals surface area (Å²) in [5, 5.41) is 0. The van der Waals surface area contributed by atoms with Gasteiger partial charge in [0.2, 0.25) is 0 Å². The molecule has 0 atom stereocenters. The molecule has 0 aromatic heterocycles. The van der Waals surface area contributed by atoms with Crippen molar-refractivity contribution in [2.45, 2.75) is 13.0 Å². The molecule has 5 nitrogen and oxygen atoms in total. The summed E-state index contributed by atoms with van der Waals surface area (Å²) in [6, 6.07) is 13.0. The average Bonchev–Trinajstić information content (AvgIpc) is 2.93. The fourth-order valence-electron chi connectivity index (χ4n) is 3.09. The number of nitrogens with zero attached hydrogens (tertiary/aromatic N) is 2. The smallest absolute Gasteiger partial charge is 0.254 e. The van der Waals surface area contributed by atoms with Crippen LogP contribution in [0.3, 0.4) is 0 Å². The Morgan fingerprint density at radius 2 is 1.50 bits per heavy atom. The van der Waals surface area contributed by atoms with Crippen molar-refractivity contribution in [1.82, 2.24) is 9.80 Å². The Labute approximate surface area is 152 Å². The molecule has 6 heteroatoms. The van der Waals surface area contributed by atoms with Gasteiger partial charge < -0.3 is 15.5 Å². The van der Waals surface area contributed by atoms with Crippen LogP contribution in [0.4, 0.5) is 4.39 Å². The van der Waals surface area contributed by atoms with Crippen molar-refractivity contribution in [2.75, 3.05) is 26.2 Å². The summed E-state index contributed by atoms with van der Waals surface area (Å²) < 4.78 is 13.4. The SMILES string of the molecule is NCc1ccc(C(=O)N2CCCN(C(=O)c3cccc(F)c3)CC2)cc1. The van der Waals surface area contributed by atoms with Crippen molar-refractivity contribution in [3.05, 3.63) is 71.0 Å². The van der Waals surface area contributed by atoms with Crippen molar-refractivity contribution in [3.63, 3.8) is 0 Å². The molecule has 136 valence electrons. The van der Waals surface area contributed by atoms with Gasteiger partial charge >= 0.3 is 0 Å². The summed E-state index contributed by atoms with van der Waals surface area (Å²) in [7, 11) is 0. The topological polar surface area (TPSA) is 66.6 Å². The normalized spacial score (nSPS) is 14.8. The number of amides is 2. The van der Waals surface area contributed by atoms with Crippen LogP contribution in [0.5, 0.6) is 0 Å². The second-order valence-corrected chi connectivity index (χ2v) is 6.35. The molecule has 1 fully saturated rings. The molecule has 2 N–H and O–H groups in total. The minimum absolute atomic E-state index is 0.0476. The molecule has 0 aliphatic carbocycles. The standard InChI is InChI=1S/C20H22FN3O2/c21-18-4-1-3-17(13-18)20(26)24-10-2-9-23(11-12-24)19(25)16-7-5-15(14-22)6-8-16/h1,3-8,13H,2,9-12,14,22H2. The Morgan fingerprint density at radius 1 is 0.885 bits per heavy atom. The van der Waals surface area contributed by atoms with Gasteiger partial charge in [0, 0.05) is 43.9 Å². The highest BCUT2D eigenvalue weighted by atomic mass is 19.1. The van der Waals surface area contributed by atoms with Crippen molar-refractivity contribution >= 4 is 11.8 Å². The molecule has 0 spiro atoms. The highest BCUT2D eigenvalue weighted by Gasteiger charge is 2.23. The number of hydrogen-bond donors (Lipinski definition) is 1. The van der Waals surface area contributed by atoms with Crippen LogP contribution in [0.2, 0.25) is 0 Å². The zero-order valence-corrected chi connectivity index (χ0v) is 14.5. The average molecular weight is 355 g/mol. The maximum atomic E-state index is 13.4. The summed E-state index contributed by atoms with van der Waals surface area (Å²) >= 11 is 0. The van der Waals surface area contributed by atoms with Gasteiger partial charge in [0.1, 0.15) is 5.82 Å². The van der Waals surface area contributed by atoms with E-state index in [-0.39, 0.29) is 11.8 Å². The third kappa shape index (κ3) is 4.08. The number of rotatable bonds is 3. The molecular formula is C20H22FN3O2. The van der Waals surface area contributed by atoms with Crippen LogP contribution >= 0.6 is 0 Å². The van der Waals surface area contributed by atoms with Gasteiger partial charge in [-0.25, -0.2) is 4.39 Å². The van der Waals surface area contributed by atoms with Crippen LogP contribution in [0, 0.1) is 5.82 Å². The second kappa shape index (κ2) is 8.10. The lowest BCUT2D eigenvalue weighted by molar-refractivity contribution is 0.0718. The predicted octanol–water partition coefficient (Wildman–Crippen LogP) is 2.27. The van der Waals surface area contributed by atoms with Gasteiger partial charge in [-0.1, -0.05) is 18.2 Å². The van der Waals surface area contributed by atoms with Crippen molar-refractivity contribution in [3.8, 4) is 0 Å². The minimum atomic E-state index is -0.427. The van der Waals surface area contributed by atoms with E-state index in [1.54, 1.807) is 28.0 Å². The summed E-state index contributed by atoms with van der Waals surface area (Å²) in [5.41, 5.74) is 7.51. The maximum absolute atomic E-state index is 13.4. The lowest BCUT2D eigenvalue weighted by atomic mass is 10.1. The first-order valence-electron chi connectivity index (χ1n) is 8.71. The van der Waals surface area contributed by atoms with E-state index in [4.69, 9.17) is 5.73 Å². The second-order valence-electron chi connectivity index (χ2n) is 6.35. The van der Waals surface area contributed by atoms with E-state index in [1.807, 2.05) is 12.1 Å². The fraction of sp³-hybridized carbons (Fsp3) is 0.300. The van der Waals surface area contributed by atoms with Crippen molar-refractivity contribution in [2.24, 2.45) is 5.73 Å². The summed E-state index contributed by atoms with van der Waals surface area (Å²) in [6.07, 6.45) is 0.688. The molecule has 2 aromatic carbocycles. The molecule has 2 aromatic rings. The van der Waals surface area contributed by atoms with E-state index in [9.17, 15) is 14.0 Å². The third-order valence-electron chi connectivity index (χ3n) is 4.58. The molecule has 1 aliphatic rings. The Kier molecular flexibility index (Phi) is 5.63. The number of benzene rings is 2. The van der Waals surface area contributed by atoms with Crippen molar-refractivity contribution < 1.29 is 14.0 Å². The highest BCUT2D eigenvalue weighted by Crippen LogP contribution is 2.13. The molecule has 26 heavy (non-hydrogen) atoms. The summed E-state index contributed by atoms with van der Waals surface area (Å²) in [5.74, 6) is -0.678. The first-order valence-corrected chi connectivity index (χ1v) is 8.71. The fourth-order valence-corrected chi connectivity index (χ4v) is 3.09. The zero-order chi connectivity index (χ0) is 18.5. The van der Waals surface area contributed by atoms with Crippen LogP contribution in [0.1, 0.15) is 32.7 Å². The van der Waals surface area contributed by atoms with Gasteiger partial charge in [-0.2, -0.15) is 0 Å². The first kappa shape index (κ1) is 18.1. The molecule has 2 amide bonds. The third-order valence-corrected chi connectivity index (χ3v) is 4.58. The molecule has 1 heterocycles. The van der Waals surface area contributed by atoms with E-state index in [2.05, 4.69) is 0 Å². The van der Waals surface area contributed by atoms with E-state index in [1.165, 1.54) is 18.2 Å². The van der Waals surface area contributed by atoms with Crippen LogP contribution in [-0.2, 0) is 6.54 Å². The summed E-state index contributed by atoms with van der Waals surface area (Å²) in [6.45, 7) is 2.46. The Morgan fingerprint density at radius 3 is 2.08 bits per heavy atom. The maximum Gasteiger partial charge on any atom is 0.254 e. The van der Waals surface area contributed by atoms with Gasteiger partial charge in [0.25, 0.3) is 11.8 Å². The molecule has 0 radical (unpaired) electrons. The van der Waals surface area contributed by atoms with Crippen LogP contribution < -0.4 is 5.73 Å². The summed E-state index contributed by atoms with van der Waals surface area (Å²) in [4.78, 5) is 28.7. The Balaban J connectivity index is 1.65. The number of halogens is 1.